The molecule has 5 N–H and O–H groups in total. The summed E-state index contributed by atoms with van der Waals surface area (Å²) in [5.41, 5.74) is -1.35. The number of amides is 2. The predicted octanol–water partition coefficient (Wildman–Crippen LogP) is -2.07. The Bertz CT molecular complexity index is 563. The van der Waals surface area contributed by atoms with Crippen molar-refractivity contribution in [2.75, 3.05) is 13.2 Å². The predicted molar refractivity (Wildman–Crippen MR) is 86.4 cm³/mol. The van der Waals surface area contributed by atoms with Gasteiger partial charge >= 0.3 is 5.97 Å². The monoisotopic (exact) mass is 399 g/mol. The van der Waals surface area contributed by atoms with Crippen molar-refractivity contribution in [3.63, 3.8) is 0 Å². The number of rotatable bonds is 11. The first-order valence-electron chi connectivity index (χ1n) is 6.91. The molecule has 11 nitrogen and oxygen atoms in total. The number of carbonyl (C=O) groups excluding carboxylic acids is 2. The van der Waals surface area contributed by atoms with E-state index in [1.54, 1.807) is 0 Å². The first-order valence-corrected chi connectivity index (χ1v) is 8.88. The fourth-order valence-electron chi connectivity index (χ4n) is 1.48. The van der Waals surface area contributed by atoms with Gasteiger partial charge in [0.15, 0.2) is 6.04 Å². The van der Waals surface area contributed by atoms with Gasteiger partial charge < -0.3 is 35.2 Å². The maximum atomic E-state index is 11.8. The van der Waals surface area contributed by atoms with Gasteiger partial charge in [0.25, 0.3) is 7.82 Å². The lowest BCUT2D eigenvalue weighted by molar-refractivity contribution is -0.223. The number of hydrogen-bond acceptors (Lipinski definition) is 8. The van der Waals surface area contributed by atoms with Gasteiger partial charge in [0.1, 0.15) is 6.10 Å². The lowest BCUT2D eigenvalue weighted by Crippen LogP contribution is -2.47. The van der Waals surface area contributed by atoms with Gasteiger partial charge in [0.05, 0.1) is 6.61 Å². The third-order valence-corrected chi connectivity index (χ3v) is 3.69. The molecular weight excluding hydrogens is 379 g/mol. The second kappa shape index (κ2) is 9.90. The van der Waals surface area contributed by atoms with Crippen LogP contribution in [-0.2, 0) is 23.5 Å². The summed E-state index contributed by atoms with van der Waals surface area (Å²) < 4.78 is 14.7. The second-order valence-electron chi connectivity index (χ2n) is 5.69. The molecule has 0 aromatic heterocycles. The van der Waals surface area contributed by atoms with Crippen LogP contribution in [0.2, 0.25) is 0 Å². The summed E-state index contributed by atoms with van der Waals surface area (Å²) in [6.07, 6.45) is -1.95. The van der Waals surface area contributed by atoms with Gasteiger partial charge in [-0.05, 0) is 0 Å². The number of phosphoric ester groups is 1. The summed E-state index contributed by atoms with van der Waals surface area (Å²) in [6.45, 7) is 1.81. The van der Waals surface area contributed by atoms with E-state index in [0.717, 1.165) is 5.37 Å². The minimum Gasteiger partial charge on any atom is -0.756 e. The fourth-order valence-corrected chi connectivity index (χ4v) is 2.16. The molecule has 1 unspecified atom stereocenters. The van der Waals surface area contributed by atoms with E-state index in [4.69, 9.17) is 10.00 Å². The fraction of sp³-hybridized carbons (Fsp3) is 0.667. The zero-order valence-electron chi connectivity index (χ0n) is 13.5. The van der Waals surface area contributed by atoms with Crippen molar-refractivity contribution < 1.29 is 43.5 Å². The number of phosphoric acid groups is 1. The van der Waals surface area contributed by atoms with Gasteiger partial charge in [0, 0.05) is 23.7 Å². The van der Waals surface area contributed by atoms with Crippen molar-refractivity contribution in [1.82, 2.24) is 10.6 Å². The molecular formula is C12H20N2O9PS-. The normalized spacial score (nSPS) is 16.2. The van der Waals surface area contributed by atoms with Crippen LogP contribution in [0.15, 0.2) is 0 Å². The van der Waals surface area contributed by atoms with Gasteiger partial charge in [0.2, 0.25) is 11.8 Å². The van der Waals surface area contributed by atoms with Crippen LogP contribution in [0.5, 0.6) is 0 Å². The summed E-state index contributed by atoms with van der Waals surface area (Å²) in [6, 6.07) is -1.33. The number of aliphatic carboxylic acids is 1. The van der Waals surface area contributed by atoms with Crippen molar-refractivity contribution in [3.05, 3.63) is 0 Å². The highest BCUT2D eigenvalue weighted by Crippen LogP contribution is 2.34. The van der Waals surface area contributed by atoms with Crippen LogP contribution in [0, 0.1) is 5.41 Å². The molecule has 0 rings (SSSR count). The van der Waals surface area contributed by atoms with Crippen LogP contribution in [0.4, 0.5) is 0 Å². The van der Waals surface area contributed by atoms with E-state index in [0.29, 0.717) is 0 Å². The van der Waals surface area contributed by atoms with E-state index < -0.39 is 49.8 Å². The molecule has 0 aromatic rings. The van der Waals surface area contributed by atoms with E-state index >= 15 is 0 Å². The van der Waals surface area contributed by atoms with E-state index in [-0.39, 0.29) is 13.0 Å². The minimum atomic E-state index is -5.00. The first kappa shape index (κ1) is 23.6. The molecule has 0 aliphatic heterocycles. The van der Waals surface area contributed by atoms with Crippen LogP contribution < -0.4 is 15.5 Å². The standard InChI is InChI=1S/C12H21N2O9PS/c1-12(2,6-23-24(20,21)22)9(16)10(17)13-4-3-8(15)14-7(5-25)11(18)19/h5,7,9,16H,3-4,6H2,1-2H3,(H,13,17)(H,14,15)(H,18,19)(H2,20,21,22)/p-1/t7-,9-/m0/s1. The number of carboxylic acids is 1. The molecule has 0 bridgehead atoms. The molecule has 0 aliphatic rings. The molecule has 0 aliphatic carbocycles. The molecule has 13 heteroatoms. The Hall–Kier alpha value is -1.43. The Kier molecular flexibility index (Phi) is 9.33. The lowest BCUT2D eigenvalue weighted by atomic mass is 9.87. The summed E-state index contributed by atoms with van der Waals surface area (Å²) in [5, 5.41) is 23.8. The van der Waals surface area contributed by atoms with Crippen LogP contribution in [0.3, 0.4) is 0 Å². The van der Waals surface area contributed by atoms with Crippen LogP contribution in [-0.4, -0.2) is 63.6 Å². The number of carbonyl (C=O) groups is 3. The Morgan fingerprint density at radius 1 is 1.40 bits per heavy atom. The number of thiocarbonyl (C=S) groups is 1. The summed E-state index contributed by atoms with van der Waals surface area (Å²) in [5.74, 6) is -2.91. The van der Waals surface area contributed by atoms with Crippen LogP contribution in [0.25, 0.3) is 0 Å². The largest absolute Gasteiger partial charge is 0.756 e. The maximum Gasteiger partial charge on any atom is 0.331 e. The smallest absolute Gasteiger partial charge is 0.331 e. The zero-order valence-corrected chi connectivity index (χ0v) is 15.2. The topological polar surface area (TPSA) is 185 Å². The van der Waals surface area contributed by atoms with Crippen molar-refractivity contribution in [3.8, 4) is 0 Å². The van der Waals surface area contributed by atoms with Crippen molar-refractivity contribution >= 4 is 43.2 Å². The molecule has 25 heavy (non-hydrogen) atoms. The van der Waals surface area contributed by atoms with Gasteiger partial charge in [-0.3, -0.25) is 14.2 Å². The van der Waals surface area contributed by atoms with Gasteiger partial charge in [-0.25, -0.2) is 4.79 Å². The van der Waals surface area contributed by atoms with E-state index in [1.165, 1.54) is 13.8 Å². The van der Waals surface area contributed by atoms with E-state index in [1.807, 2.05) is 0 Å². The quantitative estimate of drug-likeness (QED) is 0.191. The molecule has 0 aromatic carbocycles. The third kappa shape index (κ3) is 9.58. The van der Waals surface area contributed by atoms with Crippen LogP contribution >= 0.6 is 20.0 Å². The summed E-state index contributed by atoms with van der Waals surface area (Å²) in [7, 11) is -5.00. The molecule has 0 radical (unpaired) electrons. The van der Waals surface area contributed by atoms with Crippen molar-refractivity contribution in [2.45, 2.75) is 32.4 Å². The SMILES string of the molecule is CC(C)(COP(=O)([O-])O)[C@@H](O)C(=O)NCCC(=O)N[C@@H](C=S)C(=O)O. The Balaban J connectivity index is 4.40. The molecule has 0 spiro atoms. The number of aliphatic hydroxyl groups is 1. The molecule has 0 saturated heterocycles. The average molecular weight is 399 g/mol. The van der Waals surface area contributed by atoms with E-state index in [2.05, 4.69) is 27.4 Å². The molecule has 2 amide bonds. The minimum absolute atomic E-state index is 0.206. The van der Waals surface area contributed by atoms with Gasteiger partial charge in [-0.15, -0.1) is 0 Å². The zero-order chi connectivity index (χ0) is 19.8. The molecule has 144 valence electrons. The maximum absolute atomic E-state index is 11.8. The highest BCUT2D eigenvalue weighted by atomic mass is 32.1. The number of aliphatic hydroxyl groups excluding tert-OH is 1. The Labute approximate surface area is 149 Å². The van der Waals surface area contributed by atoms with Crippen molar-refractivity contribution in [1.29, 1.82) is 0 Å². The third-order valence-electron chi connectivity index (χ3n) is 2.96. The van der Waals surface area contributed by atoms with E-state index in [9.17, 15) is 28.9 Å². The average Bonchev–Trinajstić information content (AvgIpc) is 2.48. The lowest BCUT2D eigenvalue weighted by Gasteiger charge is -2.31. The first-order chi connectivity index (χ1) is 11.3. The van der Waals surface area contributed by atoms with Crippen LogP contribution in [0.1, 0.15) is 20.3 Å². The van der Waals surface area contributed by atoms with Crippen molar-refractivity contribution in [2.24, 2.45) is 5.41 Å². The summed E-state index contributed by atoms with van der Waals surface area (Å²) in [4.78, 5) is 53.1. The second-order valence-corrected chi connectivity index (χ2v) is 7.16. The summed E-state index contributed by atoms with van der Waals surface area (Å²) >= 11 is 4.45. The molecule has 0 heterocycles. The number of carboxylic acid groups (broad SMARTS) is 1. The Morgan fingerprint density at radius 2 is 1.96 bits per heavy atom. The highest BCUT2D eigenvalue weighted by Gasteiger charge is 2.34. The number of nitrogens with one attached hydrogen (secondary N) is 2. The molecule has 3 atom stereocenters. The van der Waals surface area contributed by atoms with Gasteiger partial charge in [-0.2, -0.15) is 0 Å². The van der Waals surface area contributed by atoms with Gasteiger partial charge in [-0.1, -0.05) is 26.1 Å². The molecule has 0 fully saturated rings. The Morgan fingerprint density at radius 3 is 2.40 bits per heavy atom. The highest BCUT2D eigenvalue weighted by molar-refractivity contribution is 7.79. The number of hydrogen-bond donors (Lipinski definition) is 5. The molecule has 0 saturated carbocycles.